The highest BCUT2D eigenvalue weighted by molar-refractivity contribution is 14.1. The largest absolute Gasteiger partial charge is 0.0792 e. The van der Waals surface area contributed by atoms with E-state index in [1.54, 1.807) is 0 Å². The number of rotatable bonds is 1. The lowest BCUT2D eigenvalue weighted by Gasteiger charge is -2.39. The Morgan fingerprint density at radius 1 is 1.17 bits per heavy atom. The minimum atomic E-state index is 0.497. The van der Waals surface area contributed by atoms with Gasteiger partial charge in [-0.3, -0.25) is 0 Å². The van der Waals surface area contributed by atoms with Crippen LogP contribution in [0.5, 0.6) is 0 Å². The fraction of sp³-hybridized carbons (Fsp3) is 1.00. The molecule has 1 saturated carbocycles. The smallest absolute Gasteiger partial charge is 0.0196 e. The van der Waals surface area contributed by atoms with E-state index < -0.39 is 0 Å². The zero-order valence-electron chi connectivity index (χ0n) is 8.73. The maximum Gasteiger partial charge on any atom is 0.0196 e. The van der Waals surface area contributed by atoms with E-state index in [0.717, 1.165) is 17.8 Å². The van der Waals surface area contributed by atoms with Crippen molar-refractivity contribution >= 4 is 22.6 Å². The van der Waals surface area contributed by atoms with Gasteiger partial charge in [0.25, 0.3) is 0 Å². The van der Waals surface area contributed by atoms with E-state index in [4.69, 9.17) is 0 Å². The second-order valence-electron chi connectivity index (χ2n) is 5.07. The molecule has 1 fully saturated rings. The molecule has 1 aliphatic rings. The Hall–Kier alpha value is 0.730. The SMILES string of the molecule is CC1CCC(C(C)(C)I)C(C)C1. The van der Waals surface area contributed by atoms with Crippen molar-refractivity contribution in [1.29, 1.82) is 0 Å². The van der Waals surface area contributed by atoms with Crippen molar-refractivity contribution in [2.45, 2.75) is 50.4 Å². The fourth-order valence-corrected chi connectivity index (χ4v) is 3.61. The molecule has 3 unspecified atom stereocenters. The molecule has 1 aliphatic carbocycles. The standard InChI is InChI=1S/C11H21I/c1-8-5-6-10(9(2)7-8)11(3,4)12/h8-10H,5-7H2,1-4H3. The van der Waals surface area contributed by atoms with Gasteiger partial charge in [0, 0.05) is 3.42 Å². The fourth-order valence-electron chi connectivity index (χ4n) is 2.69. The van der Waals surface area contributed by atoms with E-state index in [-0.39, 0.29) is 0 Å². The lowest BCUT2D eigenvalue weighted by atomic mass is 9.71. The maximum absolute atomic E-state index is 2.62. The van der Waals surface area contributed by atoms with Gasteiger partial charge < -0.3 is 0 Å². The first-order valence-corrected chi connectivity index (χ1v) is 6.18. The average molecular weight is 280 g/mol. The molecule has 0 aromatic rings. The first-order valence-electron chi connectivity index (χ1n) is 5.10. The summed E-state index contributed by atoms with van der Waals surface area (Å²) < 4.78 is 0.497. The van der Waals surface area contributed by atoms with Gasteiger partial charge in [-0.1, -0.05) is 56.7 Å². The normalized spacial score (nSPS) is 38.2. The van der Waals surface area contributed by atoms with E-state index >= 15 is 0 Å². The molecule has 0 saturated heterocycles. The van der Waals surface area contributed by atoms with E-state index in [0.29, 0.717) is 3.42 Å². The van der Waals surface area contributed by atoms with Gasteiger partial charge in [-0.25, -0.2) is 0 Å². The molecule has 0 aromatic carbocycles. The van der Waals surface area contributed by atoms with Crippen LogP contribution < -0.4 is 0 Å². The zero-order chi connectivity index (χ0) is 9.35. The lowest BCUT2D eigenvalue weighted by Crippen LogP contribution is -2.34. The third-order valence-corrected chi connectivity index (χ3v) is 4.11. The number of alkyl halides is 1. The Labute approximate surface area is 90.6 Å². The van der Waals surface area contributed by atoms with Gasteiger partial charge in [0.2, 0.25) is 0 Å². The van der Waals surface area contributed by atoms with Gasteiger partial charge in [-0.2, -0.15) is 0 Å². The summed E-state index contributed by atoms with van der Waals surface area (Å²) in [5.74, 6) is 2.84. The second kappa shape index (κ2) is 3.85. The third-order valence-electron chi connectivity index (χ3n) is 3.31. The van der Waals surface area contributed by atoms with Crippen molar-refractivity contribution in [3.63, 3.8) is 0 Å². The predicted octanol–water partition coefficient (Wildman–Crippen LogP) is 4.27. The van der Waals surface area contributed by atoms with E-state index in [1.807, 2.05) is 0 Å². The molecule has 0 amide bonds. The van der Waals surface area contributed by atoms with Crippen LogP contribution in [0.25, 0.3) is 0 Å². The monoisotopic (exact) mass is 280 g/mol. The molecule has 72 valence electrons. The highest BCUT2D eigenvalue weighted by atomic mass is 127. The highest BCUT2D eigenvalue weighted by Gasteiger charge is 2.34. The van der Waals surface area contributed by atoms with Gasteiger partial charge in [0.15, 0.2) is 0 Å². The summed E-state index contributed by atoms with van der Waals surface area (Å²) in [5.41, 5.74) is 0. The second-order valence-corrected chi connectivity index (χ2v) is 7.85. The number of hydrogen-bond acceptors (Lipinski definition) is 0. The lowest BCUT2D eigenvalue weighted by molar-refractivity contribution is 0.180. The summed E-state index contributed by atoms with van der Waals surface area (Å²) in [6.45, 7) is 9.59. The summed E-state index contributed by atoms with van der Waals surface area (Å²) in [5, 5.41) is 0. The highest BCUT2D eigenvalue weighted by Crippen LogP contribution is 2.43. The van der Waals surface area contributed by atoms with Crippen LogP contribution in [0.2, 0.25) is 0 Å². The predicted molar refractivity (Wildman–Crippen MR) is 63.8 cm³/mol. The zero-order valence-corrected chi connectivity index (χ0v) is 10.9. The minimum Gasteiger partial charge on any atom is -0.0792 e. The first kappa shape index (κ1) is 10.8. The van der Waals surface area contributed by atoms with Crippen molar-refractivity contribution in [2.75, 3.05) is 0 Å². The molecule has 0 nitrogen and oxygen atoms in total. The van der Waals surface area contributed by atoms with Crippen molar-refractivity contribution in [1.82, 2.24) is 0 Å². The van der Waals surface area contributed by atoms with Gasteiger partial charge in [-0.15, -0.1) is 0 Å². The number of halogens is 1. The van der Waals surface area contributed by atoms with Crippen LogP contribution in [0, 0.1) is 17.8 Å². The molecule has 0 radical (unpaired) electrons. The molecule has 1 rings (SSSR count). The maximum atomic E-state index is 2.62. The van der Waals surface area contributed by atoms with Crippen LogP contribution in [-0.2, 0) is 0 Å². The molecule has 12 heavy (non-hydrogen) atoms. The number of hydrogen-bond donors (Lipinski definition) is 0. The molecular formula is C11H21I. The molecular weight excluding hydrogens is 259 g/mol. The molecule has 1 heteroatoms. The molecule has 0 bridgehead atoms. The van der Waals surface area contributed by atoms with Crippen LogP contribution in [0.3, 0.4) is 0 Å². The van der Waals surface area contributed by atoms with Crippen LogP contribution in [0.4, 0.5) is 0 Å². The quantitative estimate of drug-likeness (QED) is 0.497. The van der Waals surface area contributed by atoms with Crippen molar-refractivity contribution < 1.29 is 0 Å². The summed E-state index contributed by atoms with van der Waals surface area (Å²) >= 11 is 2.62. The van der Waals surface area contributed by atoms with E-state index in [9.17, 15) is 0 Å². The Morgan fingerprint density at radius 2 is 1.75 bits per heavy atom. The van der Waals surface area contributed by atoms with Crippen molar-refractivity contribution in [3.8, 4) is 0 Å². The van der Waals surface area contributed by atoms with Crippen LogP contribution >= 0.6 is 22.6 Å². The minimum absolute atomic E-state index is 0.497. The first-order chi connectivity index (χ1) is 5.41. The van der Waals surface area contributed by atoms with Gasteiger partial charge >= 0.3 is 0 Å². The van der Waals surface area contributed by atoms with Gasteiger partial charge in [0.05, 0.1) is 0 Å². The Balaban J connectivity index is 2.57. The average Bonchev–Trinajstić information content (AvgIpc) is 1.83. The van der Waals surface area contributed by atoms with Crippen molar-refractivity contribution in [3.05, 3.63) is 0 Å². The summed E-state index contributed by atoms with van der Waals surface area (Å²) in [6.07, 6.45) is 4.33. The molecule has 0 aliphatic heterocycles. The summed E-state index contributed by atoms with van der Waals surface area (Å²) in [7, 11) is 0. The molecule has 0 spiro atoms. The molecule has 0 aromatic heterocycles. The van der Waals surface area contributed by atoms with Crippen molar-refractivity contribution in [2.24, 2.45) is 17.8 Å². The summed E-state index contributed by atoms with van der Waals surface area (Å²) in [6, 6.07) is 0. The van der Waals surface area contributed by atoms with Crippen LogP contribution in [0.1, 0.15) is 47.0 Å². The van der Waals surface area contributed by atoms with Crippen LogP contribution in [0.15, 0.2) is 0 Å². The topological polar surface area (TPSA) is 0 Å². The van der Waals surface area contributed by atoms with Gasteiger partial charge in [0.1, 0.15) is 0 Å². The molecule has 0 N–H and O–H groups in total. The Bertz CT molecular complexity index is 146. The van der Waals surface area contributed by atoms with Crippen LogP contribution in [-0.4, -0.2) is 3.42 Å². The third kappa shape index (κ3) is 2.61. The van der Waals surface area contributed by atoms with E-state index in [2.05, 4.69) is 50.3 Å². The molecule has 0 heterocycles. The molecule has 3 atom stereocenters. The summed E-state index contributed by atoms with van der Waals surface area (Å²) in [4.78, 5) is 0. The Kier molecular flexibility index (Phi) is 3.47. The van der Waals surface area contributed by atoms with Gasteiger partial charge in [-0.05, 0) is 30.6 Å². The Morgan fingerprint density at radius 3 is 2.17 bits per heavy atom. The van der Waals surface area contributed by atoms with E-state index in [1.165, 1.54) is 19.3 Å².